The van der Waals surface area contributed by atoms with E-state index in [1.165, 1.54) is 6.20 Å². The highest BCUT2D eigenvalue weighted by Crippen LogP contribution is 2.22. The number of nitrogen functional groups attached to an aromatic ring is 1. The number of rotatable bonds is 2. The number of aromatic amines is 1. The summed E-state index contributed by atoms with van der Waals surface area (Å²) in [6, 6.07) is 3.61. The number of nitrogens with one attached hydrogen (secondary N) is 2. The standard InChI is InChI=1S/C14H11F2N5O.C2H6/c1-6-8-4-7(5-18-13(8)21-20-6)19-14(22)11-9(15)2-3-10(17)12(11)16;1-2/h2-5H,17H2,1H3,(H,19,22)(H,18,20,21);1-2H3. The van der Waals surface area contributed by atoms with Gasteiger partial charge in [0.1, 0.15) is 11.4 Å². The first kappa shape index (κ1) is 17.3. The Hall–Kier alpha value is -3.03. The van der Waals surface area contributed by atoms with E-state index in [0.717, 1.165) is 17.8 Å². The van der Waals surface area contributed by atoms with Gasteiger partial charge in [0.15, 0.2) is 11.5 Å². The van der Waals surface area contributed by atoms with Gasteiger partial charge in [-0.3, -0.25) is 9.89 Å². The predicted molar refractivity (Wildman–Crippen MR) is 88.7 cm³/mol. The Morgan fingerprint density at radius 2 is 2.00 bits per heavy atom. The van der Waals surface area contributed by atoms with Crippen molar-refractivity contribution >= 4 is 28.3 Å². The first-order valence-electron chi connectivity index (χ1n) is 7.33. The molecule has 0 saturated heterocycles. The van der Waals surface area contributed by atoms with Crippen molar-refractivity contribution in [2.45, 2.75) is 20.8 Å². The minimum Gasteiger partial charge on any atom is -0.396 e. The quantitative estimate of drug-likeness (QED) is 0.626. The largest absolute Gasteiger partial charge is 0.396 e. The number of nitrogens with two attached hydrogens (primary N) is 1. The molecule has 0 spiro atoms. The van der Waals surface area contributed by atoms with Gasteiger partial charge in [0.25, 0.3) is 5.91 Å². The van der Waals surface area contributed by atoms with E-state index in [-0.39, 0.29) is 5.69 Å². The second kappa shape index (κ2) is 7.03. The first-order valence-corrected chi connectivity index (χ1v) is 7.33. The van der Waals surface area contributed by atoms with Crippen molar-refractivity contribution in [2.75, 3.05) is 11.1 Å². The molecule has 3 aromatic rings. The SMILES string of the molecule is CC.Cc1[nH]nc2ncc(NC(=O)c3c(F)ccc(N)c3F)cc12. The fourth-order valence-electron chi connectivity index (χ4n) is 2.06. The summed E-state index contributed by atoms with van der Waals surface area (Å²) in [5, 5.41) is 9.80. The number of benzene rings is 1. The monoisotopic (exact) mass is 333 g/mol. The van der Waals surface area contributed by atoms with Crippen LogP contribution < -0.4 is 11.1 Å². The predicted octanol–water partition coefficient (Wildman–Crippen LogP) is 3.41. The minimum absolute atomic E-state index is 0.295. The zero-order chi connectivity index (χ0) is 17.9. The fraction of sp³-hybridized carbons (Fsp3) is 0.188. The van der Waals surface area contributed by atoms with Crippen LogP contribution in [0.1, 0.15) is 29.9 Å². The Bertz CT molecular complexity index is 892. The molecule has 4 N–H and O–H groups in total. The van der Waals surface area contributed by atoms with Crippen molar-refractivity contribution in [3.05, 3.63) is 47.3 Å². The number of aromatic nitrogens is 3. The number of amides is 1. The molecule has 8 heteroatoms. The average molecular weight is 333 g/mol. The van der Waals surface area contributed by atoms with Gasteiger partial charge in [-0.15, -0.1) is 0 Å². The van der Waals surface area contributed by atoms with Gasteiger partial charge in [0.2, 0.25) is 0 Å². The summed E-state index contributed by atoms with van der Waals surface area (Å²) in [6.07, 6.45) is 1.35. The van der Waals surface area contributed by atoms with Gasteiger partial charge in [-0.05, 0) is 25.1 Å². The molecule has 0 fully saturated rings. The van der Waals surface area contributed by atoms with Crippen molar-refractivity contribution in [3.8, 4) is 0 Å². The van der Waals surface area contributed by atoms with Crippen LogP contribution in [0.2, 0.25) is 0 Å². The number of hydrogen-bond donors (Lipinski definition) is 3. The summed E-state index contributed by atoms with van der Waals surface area (Å²) in [7, 11) is 0. The molecule has 0 aliphatic carbocycles. The lowest BCUT2D eigenvalue weighted by atomic mass is 10.1. The smallest absolute Gasteiger partial charge is 0.261 e. The van der Waals surface area contributed by atoms with E-state index in [0.29, 0.717) is 16.7 Å². The Kier molecular flexibility index (Phi) is 5.08. The second-order valence-electron chi connectivity index (χ2n) is 4.72. The molecule has 6 nitrogen and oxygen atoms in total. The topological polar surface area (TPSA) is 96.7 Å². The Balaban J connectivity index is 0.00000100. The van der Waals surface area contributed by atoms with Crippen LogP contribution in [0.25, 0.3) is 11.0 Å². The van der Waals surface area contributed by atoms with Crippen LogP contribution in [-0.2, 0) is 0 Å². The van der Waals surface area contributed by atoms with Gasteiger partial charge in [0.05, 0.1) is 17.6 Å². The van der Waals surface area contributed by atoms with Gasteiger partial charge in [-0.1, -0.05) is 13.8 Å². The number of nitrogens with zero attached hydrogens (tertiary/aromatic N) is 2. The molecule has 24 heavy (non-hydrogen) atoms. The maximum atomic E-state index is 13.8. The van der Waals surface area contributed by atoms with Crippen LogP contribution in [0.15, 0.2) is 24.4 Å². The van der Waals surface area contributed by atoms with Crippen LogP contribution in [-0.4, -0.2) is 21.1 Å². The van der Waals surface area contributed by atoms with Crippen LogP contribution in [0.4, 0.5) is 20.2 Å². The van der Waals surface area contributed by atoms with E-state index in [4.69, 9.17) is 5.73 Å². The van der Waals surface area contributed by atoms with E-state index in [2.05, 4.69) is 20.5 Å². The number of carbonyl (C=O) groups excluding carboxylic acids is 1. The molecule has 1 aromatic carbocycles. The summed E-state index contributed by atoms with van der Waals surface area (Å²) in [5.74, 6) is -3.02. The van der Waals surface area contributed by atoms with Crippen molar-refractivity contribution in [1.82, 2.24) is 15.2 Å². The highest BCUT2D eigenvalue weighted by atomic mass is 19.1. The van der Waals surface area contributed by atoms with E-state index in [1.807, 2.05) is 13.8 Å². The minimum atomic E-state index is -1.09. The molecule has 0 aliphatic rings. The van der Waals surface area contributed by atoms with Gasteiger partial charge in [0, 0.05) is 11.1 Å². The van der Waals surface area contributed by atoms with Gasteiger partial charge >= 0.3 is 0 Å². The molecule has 0 radical (unpaired) electrons. The summed E-state index contributed by atoms with van der Waals surface area (Å²) >= 11 is 0. The number of pyridine rings is 1. The van der Waals surface area contributed by atoms with E-state index in [1.54, 1.807) is 13.0 Å². The third kappa shape index (κ3) is 3.17. The fourth-order valence-corrected chi connectivity index (χ4v) is 2.06. The van der Waals surface area contributed by atoms with E-state index < -0.39 is 23.1 Å². The molecule has 0 bridgehead atoms. The normalized spacial score (nSPS) is 10.2. The lowest BCUT2D eigenvalue weighted by Gasteiger charge is -2.08. The van der Waals surface area contributed by atoms with Crippen molar-refractivity contribution in [2.24, 2.45) is 0 Å². The lowest BCUT2D eigenvalue weighted by molar-refractivity contribution is 0.101. The molecule has 0 aliphatic heterocycles. The van der Waals surface area contributed by atoms with Crippen molar-refractivity contribution in [1.29, 1.82) is 0 Å². The molecular formula is C16H17F2N5O. The zero-order valence-electron chi connectivity index (χ0n) is 13.4. The van der Waals surface area contributed by atoms with E-state index >= 15 is 0 Å². The molecule has 2 heterocycles. The second-order valence-corrected chi connectivity index (χ2v) is 4.72. The lowest BCUT2D eigenvalue weighted by Crippen LogP contribution is -2.17. The molecule has 126 valence electrons. The number of H-pyrrole nitrogens is 1. The van der Waals surface area contributed by atoms with Crippen LogP contribution in [0.5, 0.6) is 0 Å². The summed E-state index contributed by atoms with van der Waals surface area (Å²) in [5.41, 5.74) is 5.86. The first-order chi connectivity index (χ1) is 11.5. The van der Waals surface area contributed by atoms with Gasteiger partial charge < -0.3 is 11.1 Å². The van der Waals surface area contributed by atoms with Crippen LogP contribution >= 0.6 is 0 Å². The number of aryl methyl sites for hydroxylation is 1. The molecule has 0 saturated carbocycles. The molecule has 3 rings (SSSR count). The average Bonchev–Trinajstić information content (AvgIpc) is 2.94. The molecule has 0 unspecified atom stereocenters. The van der Waals surface area contributed by atoms with Crippen LogP contribution in [0.3, 0.4) is 0 Å². The Labute approximate surface area is 137 Å². The van der Waals surface area contributed by atoms with Crippen molar-refractivity contribution < 1.29 is 13.6 Å². The summed E-state index contributed by atoms with van der Waals surface area (Å²) in [6.45, 7) is 5.79. The van der Waals surface area contributed by atoms with Gasteiger partial charge in [-0.2, -0.15) is 5.10 Å². The van der Waals surface area contributed by atoms with E-state index in [9.17, 15) is 13.6 Å². The maximum absolute atomic E-state index is 13.8. The molecule has 1 amide bonds. The Morgan fingerprint density at radius 3 is 2.71 bits per heavy atom. The van der Waals surface area contributed by atoms with Crippen molar-refractivity contribution in [3.63, 3.8) is 0 Å². The number of fused-ring (bicyclic) bond motifs is 1. The Morgan fingerprint density at radius 1 is 1.29 bits per heavy atom. The maximum Gasteiger partial charge on any atom is 0.261 e. The third-order valence-corrected chi connectivity index (χ3v) is 3.21. The number of carbonyl (C=O) groups is 1. The molecule has 0 atom stereocenters. The summed E-state index contributed by atoms with van der Waals surface area (Å²) in [4.78, 5) is 16.1. The van der Waals surface area contributed by atoms with Crippen LogP contribution in [0, 0.1) is 18.6 Å². The molecular weight excluding hydrogens is 316 g/mol. The van der Waals surface area contributed by atoms with Gasteiger partial charge in [-0.25, -0.2) is 13.8 Å². The highest BCUT2D eigenvalue weighted by molar-refractivity contribution is 6.05. The molecule has 2 aromatic heterocycles. The third-order valence-electron chi connectivity index (χ3n) is 3.21. The highest BCUT2D eigenvalue weighted by Gasteiger charge is 2.20. The number of anilines is 2. The zero-order valence-corrected chi connectivity index (χ0v) is 13.4. The number of hydrogen-bond acceptors (Lipinski definition) is 4. The number of halogens is 2. The summed E-state index contributed by atoms with van der Waals surface area (Å²) < 4.78 is 27.5.